The minimum atomic E-state index is -0.213. The normalized spacial score (nSPS) is 10.8. The maximum absolute atomic E-state index is 12.1. The van der Waals surface area contributed by atoms with Gasteiger partial charge in [0.2, 0.25) is 0 Å². The van der Waals surface area contributed by atoms with Crippen LogP contribution in [0.15, 0.2) is 71.1 Å². The van der Waals surface area contributed by atoms with Gasteiger partial charge in [-0.1, -0.05) is 42.5 Å². The van der Waals surface area contributed by atoms with Gasteiger partial charge < -0.3 is 0 Å². The molecular formula is C19H16N2OS. The Hall–Kier alpha value is -2.72. The number of carbonyl (C=O) groups is 1. The predicted molar refractivity (Wildman–Crippen MR) is 96.0 cm³/mol. The number of amides is 1. The highest BCUT2D eigenvalue weighted by molar-refractivity contribution is 7.11. The second kappa shape index (κ2) is 7.03. The predicted octanol–water partition coefficient (Wildman–Crippen LogP) is 4.49. The van der Waals surface area contributed by atoms with Crippen LogP contribution in [0.25, 0.3) is 11.1 Å². The number of hydrogen-bond donors (Lipinski definition) is 1. The molecular weight excluding hydrogens is 304 g/mol. The first kappa shape index (κ1) is 15.2. The fourth-order valence-electron chi connectivity index (χ4n) is 2.18. The van der Waals surface area contributed by atoms with Crippen molar-refractivity contribution in [2.24, 2.45) is 5.10 Å². The summed E-state index contributed by atoms with van der Waals surface area (Å²) in [7, 11) is 0. The van der Waals surface area contributed by atoms with Crippen molar-refractivity contribution in [2.75, 3.05) is 0 Å². The molecule has 3 aromatic rings. The summed E-state index contributed by atoms with van der Waals surface area (Å²) in [5.74, 6) is -0.213. The van der Waals surface area contributed by atoms with Crippen LogP contribution in [0.2, 0.25) is 0 Å². The topological polar surface area (TPSA) is 41.5 Å². The van der Waals surface area contributed by atoms with Crippen LogP contribution < -0.4 is 5.43 Å². The van der Waals surface area contributed by atoms with Crippen molar-refractivity contribution < 1.29 is 4.79 Å². The van der Waals surface area contributed by atoms with Gasteiger partial charge in [0, 0.05) is 10.4 Å². The van der Waals surface area contributed by atoms with Crippen LogP contribution in [0.3, 0.4) is 0 Å². The van der Waals surface area contributed by atoms with E-state index in [1.165, 1.54) is 0 Å². The SMILES string of the molecule is Cc1ccsc1/C=N/NC(=O)c1ccc(-c2ccccc2)cc1. The van der Waals surface area contributed by atoms with Crippen molar-refractivity contribution in [3.05, 3.63) is 82.0 Å². The standard InChI is InChI=1S/C19H16N2OS/c1-14-11-12-23-18(14)13-20-21-19(22)17-9-7-16(8-10-17)15-5-3-2-4-6-15/h2-13H,1H3,(H,21,22)/b20-13+. The van der Waals surface area contributed by atoms with Crippen molar-refractivity contribution in [2.45, 2.75) is 6.92 Å². The molecule has 1 heterocycles. The molecule has 0 unspecified atom stereocenters. The van der Waals surface area contributed by atoms with Gasteiger partial charge in [0.15, 0.2) is 0 Å². The number of nitrogens with zero attached hydrogens (tertiary/aromatic N) is 1. The lowest BCUT2D eigenvalue weighted by Gasteiger charge is -2.03. The fourth-order valence-corrected chi connectivity index (χ4v) is 2.96. The molecule has 0 aliphatic heterocycles. The monoisotopic (exact) mass is 320 g/mol. The minimum absolute atomic E-state index is 0.213. The third-order valence-electron chi connectivity index (χ3n) is 3.50. The van der Waals surface area contributed by atoms with Crippen molar-refractivity contribution in [3.8, 4) is 11.1 Å². The molecule has 1 amide bonds. The summed E-state index contributed by atoms with van der Waals surface area (Å²) in [5.41, 5.74) is 6.51. The zero-order chi connectivity index (χ0) is 16.1. The minimum Gasteiger partial charge on any atom is -0.267 e. The Morgan fingerprint density at radius 3 is 2.35 bits per heavy atom. The molecule has 0 saturated carbocycles. The van der Waals surface area contributed by atoms with Gasteiger partial charge in [-0.05, 0) is 47.2 Å². The third kappa shape index (κ3) is 3.73. The van der Waals surface area contributed by atoms with Crippen molar-refractivity contribution in [3.63, 3.8) is 0 Å². The Morgan fingerprint density at radius 2 is 1.70 bits per heavy atom. The average molecular weight is 320 g/mol. The maximum Gasteiger partial charge on any atom is 0.271 e. The first-order chi connectivity index (χ1) is 11.2. The van der Waals surface area contributed by atoms with Gasteiger partial charge in [-0.3, -0.25) is 4.79 Å². The van der Waals surface area contributed by atoms with Gasteiger partial charge in [-0.15, -0.1) is 11.3 Å². The first-order valence-corrected chi connectivity index (χ1v) is 8.15. The molecule has 0 saturated heterocycles. The van der Waals surface area contributed by atoms with E-state index in [1.54, 1.807) is 17.6 Å². The summed E-state index contributed by atoms with van der Waals surface area (Å²) < 4.78 is 0. The molecule has 0 bridgehead atoms. The van der Waals surface area contributed by atoms with E-state index in [0.717, 1.165) is 21.6 Å². The van der Waals surface area contributed by atoms with Gasteiger partial charge in [0.25, 0.3) is 5.91 Å². The maximum atomic E-state index is 12.1. The zero-order valence-electron chi connectivity index (χ0n) is 12.7. The lowest BCUT2D eigenvalue weighted by atomic mass is 10.0. The molecule has 0 radical (unpaired) electrons. The van der Waals surface area contributed by atoms with Crippen LogP contribution >= 0.6 is 11.3 Å². The summed E-state index contributed by atoms with van der Waals surface area (Å²) in [6.45, 7) is 2.02. The second-order valence-electron chi connectivity index (χ2n) is 5.11. The molecule has 1 aromatic heterocycles. The molecule has 0 atom stereocenters. The van der Waals surface area contributed by atoms with Gasteiger partial charge in [0.05, 0.1) is 6.21 Å². The first-order valence-electron chi connectivity index (χ1n) is 7.27. The molecule has 3 nitrogen and oxygen atoms in total. The summed E-state index contributed by atoms with van der Waals surface area (Å²) in [4.78, 5) is 13.1. The number of nitrogens with one attached hydrogen (secondary N) is 1. The Kier molecular flexibility index (Phi) is 4.64. The van der Waals surface area contributed by atoms with E-state index in [2.05, 4.69) is 10.5 Å². The number of hydrogen-bond acceptors (Lipinski definition) is 3. The zero-order valence-corrected chi connectivity index (χ0v) is 13.5. The number of aryl methyl sites for hydroxylation is 1. The van der Waals surface area contributed by atoms with Crippen molar-refractivity contribution >= 4 is 23.5 Å². The van der Waals surface area contributed by atoms with E-state index in [0.29, 0.717) is 5.56 Å². The van der Waals surface area contributed by atoms with Crippen LogP contribution in [0.1, 0.15) is 20.8 Å². The molecule has 4 heteroatoms. The Labute approximate surface area is 139 Å². The highest BCUT2D eigenvalue weighted by Gasteiger charge is 2.05. The summed E-state index contributed by atoms with van der Waals surface area (Å²) in [6.07, 6.45) is 1.68. The van der Waals surface area contributed by atoms with Gasteiger partial charge in [0.1, 0.15) is 0 Å². The molecule has 2 aromatic carbocycles. The van der Waals surface area contributed by atoms with Gasteiger partial charge >= 0.3 is 0 Å². The smallest absolute Gasteiger partial charge is 0.267 e. The molecule has 1 N–H and O–H groups in total. The second-order valence-corrected chi connectivity index (χ2v) is 6.06. The molecule has 0 aliphatic carbocycles. The van der Waals surface area contributed by atoms with E-state index in [-0.39, 0.29) is 5.91 Å². The average Bonchev–Trinajstić information content (AvgIpc) is 3.01. The van der Waals surface area contributed by atoms with Crippen molar-refractivity contribution in [1.29, 1.82) is 0 Å². The molecule has 23 heavy (non-hydrogen) atoms. The van der Waals surface area contributed by atoms with Crippen LogP contribution in [-0.2, 0) is 0 Å². The lowest BCUT2D eigenvalue weighted by molar-refractivity contribution is 0.0955. The molecule has 0 fully saturated rings. The third-order valence-corrected chi connectivity index (χ3v) is 4.46. The molecule has 114 valence electrons. The van der Waals surface area contributed by atoms with Gasteiger partial charge in [-0.2, -0.15) is 5.10 Å². The Morgan fingerprint density at radius 1 is 1.00 bits per heavy atom. The summed E-state index contributed by atoms with van der Waals surface area (Å²) in [6, 6.07) is 19.6. The van der Waals surface area contributed by atoms with E-state index >= 15 is 0 Å². The number of rotatable bonds is 4. The Bertz CT molecular complexity index is 820. The number of hydrazone groups is 1. The van der Waals surface area contributed by atoms with E-state index in [4.69, 9.17) is 0 Å². The Balaban J connectivity index is 1.66. The largest absolute Gasteiger partial charge is 0.271 e. The van der Waals surface area contributed by atoms with Gasteiger partial charge in [-0.25, -0.2) is 5.43 Å². The molecule has 3 rings (SSSR count). The van der Waals surface area contributed by atoms with E-state index in [1.807, 2.05) is 73.0 Å². The van der Waals surface area contributed by atoms with Crippen molar-refractivity contribution in [1.82, 2.24) is 5.43 Å². The number of benzene rings is 2. The lowest BCUT2D eigenvalue weighted by Crippen LogP contribution is -2.17. The number of thiophene rings is 1. The number of carbonyl (C=O) groups excluding carboxylic acids is 1. The highest BCUT2D eigenvalue weighted by Crippen LogP contribution is 2.19. The molecule has 0 spiro atoms. The fraction of sp³-hybridized carbons (Fsp3) is 0.0526. The highest BCUT2D eigenvalue weighted by atomic mass is 32.1. The summed E-state index contributed by atoms with van der Waals surface area (Å²) in [5, 5.41) is 6.02. The van der Waals surface area contributed by atoms with E-state index in [9.17, 15) is 4.79 Å². The van der Waals surface area contributed by atoms with Crippen LogP contribution in [0, 0.1) is 6.92 Å². The summed E-state index contributed by atoms with van der Waals surface area (Å²) >= 11 is 1.60. The van der Waals surface area contributed by atoms with Crippen LogP contribution in [0.5, 0.6) is 0 Å². The van der Waals surface area contributed by atoms with Crippen LogP contribution in [-0.4, -0.2) is 12.1 Å². The van der Waals surface area contributed by atoms with E-state index < -0.39 is 0 Å². The molecule has 0 aliphatic rings. The quantitative estimate of drug-likeness (QED) is 0.558. The van der Waals surface area contributed by atoms with Crippen LogP contribution in [0.4, 0.5) is 0 Å².